The van der Waals surface area contributed by atoms with Gasteiger partial charge in [0.15, 0.2) is 0 Å². The van der Waals surface area contributed by atoms with Crippen LogP contribution in [0.5, 0.6) is 0 Å². The van der Waals surface area contributed by atoms with Gasteiger partial charge in [-0.25, -0.2) is 12.8 Å². The van der Waals surface area contributed by atoms with Crippen LogP contribution >= 0.6 is 23.2 Å². The molecule has 0 unspecified atom stereocenters. The first-order valence-corrected chi connectivity index (χ1v) is 7.99. The molecule has 8 heteroatoms. The lowest BCUT2D eigenvalue weighted by molar-refractivity contribution is 0.598. The maximum absolute atomic E-state index is 13.7. The third kappa shape index (κ3) is 3.23. The predicted octanol–water partition coefficient (Wildman–Crippen LogP) is 3.82. The maximum atomic E-state index is 13.7. The van der Waals surface area contributed by atoms with Crippen molar-refractivity contribution in [2.75, 3.05) is 10.5 Å². The fraction of sp³-hybridized carbons (Fsp3) is 0.0769. The summed E-state index contributed by atoms with van der Waals surface area (Å²) in [6.07, 6.45) is 0. The Morgan fingerprint density at radius 3 is 2.52 bits per heavy atom. The molecule has 0 fully saturated rings. The van der Waals surface area contributed by atoms with Crippen molar-refractivity contribution in [1.29, 1.82) is 0 Å². The van der Waals surface area contributed by atoms with Gasteiger partial charge in [0.2, 0.25) is 0 Å². The van der Waals surface area contributed by atoms with Gasteiger partial charge in [-0.2, -0.15) is 0 Å². The van der Waals surface area contributed by atoms with Crippen LogP contribution in [0, 0.1) is 12.7 Å². The Labute approximate surface area is 131 Å². The topological polar surface area (TPSA) is 72.2 Å². The fourth-order valence-electron chi connectivity index (χ4n) is 1.67. The van der Waals surface area contributed by atoms with Gasteiger partial charge in [-0.3, -0.25) is 4.72 Å². The molecule has 0 amide bonds. The van der Waals surface area contributed by atoms with Crippen molar-refractivity contribution < 1.29 is 12.8 Å². The van der Waals surface area contributed by atoms with E-state index in [-0.39, 0.29) is 26.3 Å². The molecule has 0 aliphatic rings. The number of halogens is 3. The molecule has 21 heavy (non-hydrogen) atoms. The molecule has 0 radical (unpaired) electrons. The Morgan fingerprint density at radius 1 is 1.19 bits per heavy atom. The second kappa shape index (κ2) is 5.71. The van der Waals surface area contributed by atoms with Gasteiger partial charge in [0, 0.05) is 0 Å². The maximum Gasteiger partial charge on any atom is 0.263 e. The van der Waals surface area contributed by atoms with E-state index in [9.17, 15) is 12.8 Å². The smallest absolute Gasteiger partial charge is 0.263 e. The van der Waals surface area contributed by atoms with Crippen molar-refractivity contribution in [3.63, 3.8) is 0 Å². The van der Waals surface area contributed by atoms with Gasteiger partial charge in [0.1, 0.15) is 10.7 Å². The molecule has 4 nitrogen and oxygen atoms in total. The second-order valence-corrected chi connectivity index (χ2v) is 6.80. The highest BCUT2D eigenvalue weighted by Gasteiger charge is 2.22. The van der Waals surface area contributed by atoms with E-state index in [1.165, 1.54) is 30.3 Å². The molecule has 0 aromatic heterocycles. The lowest BCUT2D eigenvalue weighted by atomic mass is 10.2. The molecule has 0 spiro atoms. The molecule has 0 saturated carbocycles. The number of hydrogen-bond donors (Lipinski definition) is 2. The number of aryl methyl sites for hydroxylation is 1. The minimum atomic E-state index is -4.08. The Bertz CT molecular complexity index is 810. The van der Waals surface area contributed by atoms with Crippen molar-refractivity contribution in [2.24, 2.45) is 0 Å². The number of rotatable bonds is 3. The molecule has 2 aromatic rings. The highest BCUT2D eigenvalue weighted by Crippen LogP contribution is 2.34. The van der Waals surface area contributed by atoms with Gasteiger partial charge < -0.3 is 5.73 Å². The predicted molar refractivity (Wildman–Crippen MR) is 82.8 cm³/mol. The van der Waals surface area contributed by atoms with E-state index in [0.29, 0.717) is 5.56 Å². The standard InChI is InChI=1S/C13H11Cl2FN2O2S/c1-7-2-4-9(16)10(6-7)18-21(19,20)11-5-3-8(14)13(17)12(11)15/h2-6,18H,17H2,1H3. The highest BCUT2D eigenvalue weighted by atomic mass is 35.5. The van der Waals surface area contributed by atoms with Gasteiger partial charge in [-0.15, -0.1) is 0 Å². The highest BCUT2D eigenvalue weighted by molar-refractivity contribution is 7.92. The van der Waals surface area contributed by atoms with E-state index in [0.717, 1.165) is 0 Å². The van der Waals surface area contributed by atoms with Crippen LogP contribution in [0.2, 0.25) is 10.0 Å². The average molecular weight is 349 g/mol. The third-order valence-electron chi connectivity index (χ3n) is 2.75. The van der Waals surface area contributed by atoms with Crippen LogP contribution in [0.4, 0.5) is 15.8 Å². The zero-order valence-corrected chi connectivity index (χ0v) is 13.2. The molecule has 0 aliphatic heterocycles. The van der Waals surface area contributed by atoms with Crippen molar-refractivity contribution in [3.8, 4) is 0 Å². The monoisotopic (exact) mass is 348 g/mol. The van der Waals surface area contributed by atoms with Gasteiger partial charge >= 0.3 is 0 Å². The summed E-state index contributed by atoms with van der Waals surface area (Å²) in [5.41, 5.74) is 6.08. The quantitative estimate of drug-likeness (QED) is 0.828. The first kappa shape index (κ1) is 15.9. The van der Waals surface area contributed by atoms with Crippen LogP contribution in [-0.2, 0) is 10.0 Å². The Balaban J connectivity index is 2.49. The van der Waals surface area contributed by atoms with E-state index < -0.39 is 15.8 Å². The molecule has 0 atom stereocenters. The van der Waals surface area contributed by atoms with Crippen LogP contribution < -0.4 is 10.5 Å². The summed E-state index contributed by atoms with van der Waals surface area (Å²) in [6, 6.07) is 6.59. The molecular formula is C13H11Cl2FN2O2S. The minimum absolute atomic E-state index is 0.0501. The fourth-order valence-corrected chi connectivity index (χ4v) is 3.50. The number of sulfonamides is 1. The van der Waals surface area contributed by atoms with Crippen molar-refractivity contribution in [3.05, 3.63) is 51.8 Å². The number of nitrogens with one attached hydrogen (secondary N) is 1. The number of nitrogens with two attached hydrogens (primary N) is 1. The number of anilines is 2. The first-order valence-electron chi connectivity index (χ1n) is 5.75. The molecule has 2 aromatic carbocycles. The molecule has 0 heterocycles. The summed E-state index contributed by atoms with van der Waals surface area (Å²) in [6.45, 7) is 1.71. The zero-order chi connectivity index (χ0) is 15.8. The first-order chi connectivity index (χ1) is 9.72. The molecule has 2 rings (SSSR count). The van der Waals surface area contributed by atoms with E-state index >= 15 is 0 Å². The van der Waals surface area contributed by atoms with Gasteiger partial charge in [-0.05, 0) is 36.8 Å². The number of benzene rings is 2. The summed E-state index contributed by atoms with van der Waals surface area (Å²) in [5, 5.41) is -0.0660. The summed E-state index contributed by atoms with van der Waals surface area (Å²) < 4.78 is 40.4. The van der Waals surface area contributed by atoms with Crippen LogP contribution in [0.3, 0.4) is 0 Å². The number of nitrogen functional groups attached to an aromatic ring is 1. The Kier molecular flexibility index (Phi) is 4.32. The largest absolute Gasteiger partial charge is 0.396 e. The molecular weight excluding hydrogens is 338 g/mol. The second-order valence-electron chi connectivity index (χ2n) is 4.36. The average Bonchev–Trinajstić information content (AvgIpc) is 2.39. The van der Waals surface area contributed by atoms with Crippen LogP contribution in [0.15, 0.2) is 35.2 Å². The summed E-state index contributed by atoms with van der Waals surface area (Å²) >= 11 is 11.7. The summed E-state index contributed by atoms with van der Waals surface area (Å²) in [7, 11) is -4.08. The summed E-state index contributed by atoms with van der Waals surface area (Å²) in [4.78, 5) is -0.271. The lowest BCUT2D eigenvalue weighted by Crippen LogP contribution is -2.15. The van der Waals surface area contributed by atoms with Crippen LogP contribution in [0.25, 0.3) is 0 Å². The molecule has 0 aliphatic carbocycles. The Morgan fingerprint density at radius 2 is 1.86 bits per heavy atom. The molecule has 3 N–H and O–H groups in total. The molecule has 0 saturated heterocycles. The lowest BCUT2D eigenvalue weighted by Gasteiger charge is -2.12. The van der Waals surface area contributed by atoms with Crippen molar-refractivity contribution in [2.45, 2.75) is 11.8 Å². The van der Waals surface area contributed by atoms with Gasteiger partial charge in [0.25, 0.3) is 10.0 Å². The summed E-state index contributed by atoms with van der Waals surface area (Å²) in [5.74, 6) is -0.692. The van der Waals surface area contributed by atoms with Gasteiger partial charge in [-0.1, -0.05) is 29.3 Å². The zero-order valence-electron chi connectivity index (χ0n) is 10.8. The Hall–Kier alpha value is -1.50. The van der Waals surface area contributed by atoms with E-state index in [1.807, 2.05) is 0 Å². The van der Waals surface area contributed by atoms with E-state index in [2.05, 4.69) is 4.72 Å². The van der Waals surface area contributed by atoms with E-state index in [1.54, 1.807) is 6.92 Å². The third-order valence-corrected chi connectivity index (χ3v) is 5.00. The minimum Gasteiger partial charge on any atom is -0.396 e. The van der Waals surface area contributed by atoms with Crippen molar-refractivity contribution in [1.82, 2.24) is 0 Å². The molecule has 0 bridgehead atoms. The van der Waals surface area contributed by atoms with Crippen LogP contribution in [-0.4, -0.2) is 8.42 Å². The molecule has 112 valence electrons. The van der Waals surface area contributed by atoms with Crippen LogP contribution in [0.1, 0.15) is 5.56 Å². The number of hydrogen-bond acceptors (Lipinski definition) is 3. The van der Waals surface area contributed by atoms with Gasteiger partial charge in [0.05, 0.1) is 21.4 Å². The normalized spacial score (nSPS) is 11.4. The SMILES string of the molecule is Cc1ccc(F)c(NS(=O)(=O)c2ccc(Cl)c(N)c2Cl)c1. The van der Waals surface area contributed by atoms with Crippen molar-refractivity contribution >= 4 is 44.6 Å². The van der Waals surface area contributed by atoms with E-state index in [4.69, 9.17) is 28.9 Å².